The highest BCUT2D eigenvalue weighted by molar-refractivity contribution is 9.10. The Morgan fingerprint density at radius 3 is 2.26 bits per heavy atom. The molecule has 5 nitrogen and oxygen atoms in total. The van der Waals surface area contributed by atoms with Crippen LogP contribution in [0.1, 0.15) is 37.8 Å². The van der Waals surface area contributed by atoms with E-state index in [1.54, 1.807) is 4.90 Å². The van der Waals surface area contributed by atoms with Crippen LogP contribution in [-0.2, 0) is 9.59 Å². The number of halogens is 1. The van der Waals surface area contributed by atoms with Crippen LogP contribution in [0.4, 0.5) is 0 Å². The van der Waals surface area contributed by atoms with Crippen molar-refractivity contribution in [2.75, 3.05) is 26.2 Å². The van der Waals surface area contributed by atoms with E-state index >= 15 is 0 Å². The molecular formula is C17H23BrN2O3. The number of nitrogens with zero attached hydrogens (tertiary/aromatic N) is 2. The van der Waals surface area contributed by atoms with Gasteiger partial charge in [0.05, 0.1) is 6.42 Å². The molecule has 0 spiro atoms. The Labute approximate surface area is 145 Å². The van der Waals surface area contributed by atoms with E-state index in [1.165, 1.54) is 5.56 Å². The van der Waals surface area contributed by atoms with Gasteiger partial charge in [-0.3, -0.25) is 14.5 Å². The second-order valence-corrected chi connectivity index (χ2v) is 6.70. The topological polar surface area (TPSA) is 60.9 Å². The summed E-state index contributed by atoms with van der Waals surface area (Å²) < 4.78 is 1.07. The Balaban J connectivity index is 1.90. The van der Waals surface area contributed by atoms with Crippen LogP contribution in [0, 0.1) is 0 Å². The molecule has 1 unspecified atom stereocenters. The van der Waals surface area contributed by atoms with E-state index in [-0.39, 0.29) is 18.7 Å². The van der Waals surface area contributed by atoms with Gasteiger partial charge in [-0.1, -0.05) is 35.0 Å². The van der Waals surface area contributed by atoms with Gasteiger partial charge in [-0.15, -0.1) is 0 Å². The second kappa shape index (κ2) is 8.45. The molecule has 1 saturated heterocycles. The largest absolute Gasteiger partial charge is 0.481 e. The van der Waals surface area contributed by atoms with E-state index < -0.39 is 5.97 Å². The van der Waals surface area contributed by atoms with E-state index in [2.05, 4.69) is 52.0 Å². The average Bonchev–Trinajstić information content (AvgIpc) is 2.55. The quantitative estimate of drug-likeness (QED) is 0.821. The average molecular weight is 383 g/mol. The smallest absolute Gasteiger partial charge is 0.303 e. The lowest BCUT2D eigenvalue weighted by Crippen LogP contribution is -2.49. The summed E-state index contributed by atoms with van der Waals surface area (Å²) in [7, 11) is 0. The van der Waals surface area contributed by atoms with E-state index in [0.29, 0.717) is 19.1 Å². The third kappa shape index (κ3) is 5.04. The molecule has 1 atom stereocenters. The summed E-state index contributed by atoms with van der Waals surface area (Å²) >= 11 is 3.46. The summed E-state index contributed by atoms with van der Waals surface area (Å²) in [6.45, 7) is 5.18. The number of amides is 1. The van der Waals surface area contributed by atoms with Gasteiger partial charge in [0, 0.05) is 43.1 Å². The van der Waals surface area contributed by atoms with Gasteiger partial charge in [0.1, 0.15) is 0 Å². The standard InChI is InChI=1S/C17H23BrN2O3/c1-2-15(13-3-5-14(18)6-4-13)19-9-11-20(12-10-19)16(21)7-8-17(22)23/h3-6,15H,2,7-12H2,1H3,(H,22,23). The van der Waals surface area contributed by atoms with Gasteiger partial charge in [-0.05, 0) is 24.1 Å². The van der Waals surface area contributed by atoms with Crippen molar-refractivity contribution in [3.8, 4) is 0 Å². The SMILES string of the molecule is CCC(c1ccc(Br)cc1)N1CCN(C(=O)CCC(=O)O)CC1. The minimum absolute atomic E-state index is 0.0521. The fourth-order valence-corrected chi connectivity index (χ4v) is 3.31. The number of carbonyl (C=O) groups is 2. The number of aliphatic carboxylic acids is 1. The van der Waals surface area contributed by atoms with E-state index in [4.69, 9.17) is 5.11 Å². The molecule has 6 heteroatoms. The molecule has 1 N–H and O–H groups in total. The zero-order chi connectivity index (χ0) is 16.8. The van der Waals surface area contributed by atoms with Crippen molar-refractivity contribution < 1.29 is 14.7 Å². The molecule has 0 aliphatic carbocycles. The van der Waals surface area contributed by atoms with Crippen LogP contribution < -0.4 is 0 Å². The number of carbonyl (C=O) groups excluding carboxylic acids is 1. The van der Waals surface area contributed by atoms with Gasteiger partial charge < -0.3 is 10.0 Å². The Bertz CT molecular complexity index is 539. The molecule has 126 valence electrons. The lowest BCUT2D eigenvalue weighted by Gasteiger charge is -2.39. The molecule has 0 radical (unpaired) electrons. The number of piperazine rings is 1. The number of carboxylic acids is 1. The first-order chi connectivity index (χ1) is 11.0. The number of hydrogen-bond donors (Lipinski definition) is 1. The van der Waals surface area contributed by atoms with Gasteiger partial charge in [0.15, 0.2) is 0 Å². The molecule has 1 aromatic rings. The van der Waals surface area contributed by atoms with Crippen LogP contribution in [-0.4, -0.2) is 53.0 Å². The number of benzene rings is 1. The number of rotatable bonds is 6. The van der Waals surface area contributed by atoms with E-state index in [0.717, 1.165) is 24.0 Å². The highest BCUT2D eigenvalue weighted by Crippen LogP contribution is 2.26. The van der Waals surface area contributed by atoms with Gasteiger partial charge >= 0.3 is 5.97 Å². The summed E-state index contributed by atoms with van der Waals surface area (Å²) in [5, 5.41) is 8.67. The highest BCUT2D eigenvalue weighted by atomic mass is 79.9. The maximum Gasteiger partial charge on any atom is 0.303 e. The zero-order valence-corrected chi connectivity index (χ0v) is 15.0. The van der Waals surface area contributed by atoms with Crippen molar-refractivity contribution in [1.29, 1.82) is 0 Å². The molecule has 1 aromatic carbocycles. The first-order valence-corrected chi connectivity index (χ1v) is 8.79. The van der Waals surface area contributed by atoms with Crippen molar-refractivity contribution in [3.63, 3.8) is 0 Å². The molecule has 0 aromatic heterocycles. The number of hydrogen-bond acceptors (Lipinski definition) is 3. The van der Waals surface area contributed by atoms with Crippen molar-refractivity contribution in [3.05, 3.63) is 34.3 Å². The molecule has 0 bridgehead atoms. The van der Waals surface area contributed by atoms with Crippen molar-refractivity contribution in [1.82, 2.24) is 9.80 Å². The molecule has 1 fully saturated rings. The van der Waals surface area contributed by atoms with Crippen molar-refractivity contribution >= 4 is 27.8 Å². The molecular weight excluding hydrogens is 360 g/mol. The molecule has 1 amide bonds. The van der Waals surface area contributed by atoms with Crippen LogP contribution >= 0.6 is 15.9 Å². The third-order valence-electron chi connectivity index (χ3n) is 4.30. The van der Waals surface area contributed by atoms with Crippen LogP contribution in [0.15, 0.2) is 28.7 Å². The van der Waals surface area contributed by atoms with E-state index in [1.807, 2.05) is 0 Å². The molecule has 1 aliphatic heterocycles. The first kappa shape index (κ1) is 17.9. The predicted molar refractivity (Wildman–Crippen MR) is 92.2 cm³/mol. The minimum atomic E-state index is -0.918. The Hall–Kier alpha value is -1.40. The summed E-state index contributed by atoms with van der Waals surface area (Å²) in [6, 6.07) is 8.76. The van der Waals surface area contributed by atoms with Gasteiger partial charge in [0.2, 0.25) is 5.91 Å². The van der Waals surface area contributed by atoms with Gasteiger partial charge in [0.25, 0.3) is 0 Å². The van der Waals surface area contributed by atoms with Crippen molar-refractivity contribution in [2.45, 2.75) is 32.2 Å². The Morgan fingerprint density at radius 1 is 1.13 bits per heavy atom. The van der Waals surface area contributed by atoms with Gasteiger partial charge in [-0.25, -0.2) is 0 Å². The molecule has 2 rings (SSSR count). The maximum atomic E-state index is 12.0. The van der Waals surface area contributed by atoms with Crippen LogP contribution in [0.2, 0.25) is 0 Å². The van der Waals surface area contributed by atoms with Gasteiger partial charge in [-0.2, -0.15) is 0 Å². The molecule has 23 heavy (non-hydrogen) atoms. The maximum absolute atomic E-state index is 12.0. The summed E-state index contributed by atoms with van der Waals surface area (Å²) in [5.74, 6) is -0.970. The van der Waals surface area contributed by atoms with Crippen molar-refractivity contribution in [2.24, 2.45) is 0 Å². The monoisotopic (exact) mass is 382 g/mol. The third-order valence-corrected chi connectivity index (χ3v) is 4.83. The normalized spacial score (nSPS) is 17.0. The lowest BCUT2D eigenvalue weighted by atomic mass is 10.0. The molecule has 0 saturated carbocycles. The summed E-state index contributed by atoms with van der Waals surface area (Å²) in [6.07, 6.45) is 1.03. The number of carboxylic acid groups (broad SMARTS) is 1. The Kier molecular flexibility index (Phi) is 6.59. The van der Waals surface area contributed by atoms with Crippen LogP contribution in [0.3, 0.4) is 0 Å². The predicted octanol–water partition coefficient (Wildman–Crippen LogP) is 2.91. The van der Waals surface area contributed by atoms with E-state index in [9.17, 15) is 9.59 Å². The first-order valence-electron chi connectivity index (χ1n) is 8.00. The van der Waals surface area contributed by atoms with Crippen LogP contribution in [0.5, 0.6) is 0 Å². The minimum Gasteiger partial charge on any atom is -0.481 e. The second-order valence-electron chi connectivity index (χ2n) is 5.79. The lowest BCUT2D eigenvalue weighted by molar-refractivity contribution is -0.141. The fourth-order valence-electron chi connectivity index (χ4n) is 3.04. The molecule has 1 aliphatic rings. The molecule has 1 heterocycles. The Morgan fingerprint density at radius 2 is 1.74 bits per heavy atom. The van der Waals surface area contributed by atoms with Crippen LogP contribution in [0.25, 0.3) is 0 Å². The zero-order valence-electron chi connectivity index (χ0n) is 13.4. The highest BCUT2D eigenvalue weighted by Gasteiger charge is 2.26. The summed E-state index contributed by atoms with van der Waals surface area (Å²) in [5.41, 5.74) is 1.29. The summed E-state index contributed by atoms with van der Waals surface area (Å²) in [4.78, 5) is 26.8. The fraction of sp³-hybridized carbons (Fsp3) is 0.529.